The van der Waals surface area contributed by atoms with Crippen LogP contribution in [0, 0.1) is 6.92 Å². The molecule has 0 spiro atoms. The summed E-state index contributed by atoms with van der Waals surface area (Å²) in [6, 6.07) is 8.39. The fraction of sp³-hybridized carbons (Fsp3) is 0.412. The number of amidine groups is 1. The lowest BCUT2D eigenvalue weighted by atomic mass is 9.87. The summed E-state index contributed by atoms with van der Waals surface area (Å²) in [6.45, 7) is 8.98. The van der Waals surface area contributed by atoms with Gasteiger partial charge in [0.1, 0.15) is 12.4 Å². The largest absolute Gasteiger partial charge is 0.390 e. The van der Waals surface area contributed by atoms with E-state index in [9.17, 15) is 0 Å². The molecule has 0 saturated carbocycles. The molecule has 5 heteroatoms. The Morgan fingerprint density at radius 2 is 1.95 bits per heavy atom. The van der Waals surface area contributed by atoms with Crippen LogP contribution in [0.3, 0.4) is 0 Å². The van der Waals surface area contributed by atoms with E-state index in [1.807, 2.05) is 12.3 Å². The number of thiazole rings is 1. The smallest absolute Gasteiger partial charge is 0.145 e. The van der Waals surface area contributed by atoms with Gasteiger partial charge in [-0.2, -0.15) is 0 Å². The van der Waals surface area contributed by atoms with Gasteiger partial charge in [0.05, 0.1) is 17.1 Å². The zero-order valence-corrected chi connectivity index (χ0v) is 14.4. The number of hydrogen-bond donors (Lipinski definition) is 1. The zero-order valence-electron chi connectivity index (χ0n) is 13.6. The van der Waals surface area contributed by atoms with Crippen LogP contribution in [-0.2, 0) is 23.3 Å². The number of benzene rings is 1. The monoisotopic (exact) mass is 317 g/mol. The molecule has 0 bridgehead atoms. The highest BCUT2D eigenvalue weighted by atomic mass is 32.1. The van der Waals surface area contributed by atoms with Crippen LogP contribution >= 0.6 is 11.3 Å². The molecule has 2 aromatic rings. The highest BCUT2D eigenvalue weighted by Gasteiger charge is 2.12. The van der Waals surface area contributed by atoms with Crippen LogP contribution in [0.25, 0.3) is 0 Å². The van der Waals surface area contributed by atoms with Gasteiger partial charge in [0.25, 0.3) is 0 Å². The van der Waals surface area contributed by atoms with E-state index in [4.69, 9.17) is 10.6 Å². The molecule has 1 aromatic heterocycles. The van der Waals surface area contributed by atoms with Crippen molar-refractivity contribution in [2.75, 3.05) is 0 Å². The van der Waals surface area contributed by atoms with E-state index in [0.717, 1.165) is 16.3 Å². The van der Waals surface area contributed by atoms with Crippen LogP contribution < -0.4 is 5.73 Å². The van der Waals surface area contributed by atoms with Crippen LogP contribution in [0.1, 0.15) is 42.6 Å². The van der Waals surface area contributed by atoms with Crippen molar-refractivity contribution < 1.29 is 4.84 Å². The van der Waals surface area contributed by atoms with Gasteiger partial charge in [0, 0.05) is 5.38 Å². The Bertz CT molecular complexity index is 639. The molecule has 4 nitrogen and oxygen atoms in total. The normalized spacial score (nSPS) is 12.5. The van der Waals surface area contributed by atoms with Gasteiger partial charge in [-0.25, -0.2) is 4.98 Å². The molecule has 2 rings (SSSR count). The van der Waals surface area contributed by atoms with E-state index < -0.39 is 0 Å². The van der Waals surface area contributed by atoms with E-state index in [-0.39, 0.29) is 5.41 Å². The minimum absolute atomic E-state index is 0.160. The first-order chi connectivity index (χ1) is 10.3. The summed E-state index contributed by atoms with van der Waals surface area (Å²) in [5.41, 5.74) is 9.32. The first-order valence-electron chi connectivity index (χ1n) is 7.29. The van der Waals surface area contributed by atoms with Crippen LogP contribution in [-0.4, -0.2) is 10.8 Å². The third-order valence-electron chi connectivity index (χ3n) is 3.26. The maximum Gasteiger partial charge on any atom is 0.145 e. The highest BCUT2D eigenvalue weighted by Crippen LogP contribution is 2.22. The predicted molar refractivity (Wildman–Crippen MR) is 92.1 cm³/mol. The molecule has 0 atom stereocenters. The van der Waals surface area contributed by atoms with Crippen LogP contribution in [0.2, 0.25) is 0 Å². The molecule has 1 heterocycles. The summed E-state index contributed by atoms with van der Waals surface area (Å²) in [5.74, 6) is 0.441. The van der Waals surface area contributed by atoms with Crippen molar-refractivity contribution in [3.63, 3.8) is 0 Å². The second kappa shape index (κ2) is 6.92. The van der Waals surface area contributed by atoms with Gasteiger partial charge < -0.3 is 10.6 Å². The Morgan fingerprint density at radius 3 is 2.50 bits per heavy atom. The third kappa shape index (κ3) is 4.84. The Kier molecular flexibility index (Phi) is 5.19. The molecular formula is C17H23N3OS. The fourth-order valence-corrected chi connectivity index (χ4v) is 2.61. The van der Waals surface area contributed by atoms with Gasteiger partial charge >= 0.3 is 0 Å². The number of oxime groups is 1. The van der Waals surface area contributed by atoms with Gasteiger partial charge in [-0.3, -0.25) is 0 Å². The third-order valence-corrected chi connectivity index (χ3v) is 4.08. The van der Waals surface area contributed by atoms with Gasteiger partial charge in [0.15, 0.2) is 0 Å². The molecule has 0 fully saturated rings. The first-order valence-corrected chi connectivity index (χ1v) is 8.17. The second-order valence-electron chi connectivity index (χ2n) is 6.34. The molecular weight excluding hydrogens is 294 g/mol. The van der Waals surface area contributed by atoms with E-state index in [1.54, 1.807) is 11.3 Å². The summed E-state index contributed by atoms with van der Waals surface area (Å²) < 4.78 is 0. The van der Waals surface area contributed by atoms with E-state index in [2.05, 4.69) is 55.2 Å². The van der Waals surface area contributed by atoms with Gasteiger partial charge in [0.2, 0.25) is 0 Å². The Labute approximate surface area is 136 Å². The molecule has 0 aliphatic carbocycles. The highest BCUT2D eigenvalue weighted by molar-refractivity contribution is 7.09. The minimum Gasteiger partial charge on any atom is -0.390 e. The number of hydrogen-bond acceptors (Lipinski definition) is 4. The van der Waals surface area contributed by atoms with E-state index >= 15 is 0 Å². The van der Waals surface area contributed by atoms with Crippen molar-refractivity contribution in [2.45, 2.75) is 46.1 Å². The molecule has 0 radical (unpaired) electrons. The van der Waals surface area contributed by atoms with Gasteiger partial charge in [-0.15, -0.1) is 11.3 Å². The Balaban J connectivity index is 1.86. The quantitative estimate of drug-likeness (QED) is 0.518. The number of aryl methyl sites for hydroxylation is 1. The minimum atomic E-state index is 0.160. The molecule has 0 aliphatic rings. The predicted octanol–water partition coefficient (Wildman–Crippen LogP) is 3.78. The zero-order chi connectivity index (χ0) is 16.2. The number of aromatic nitrogens is 1. The number of nitrogens with zero attached hydrogens (tertiary/aromatic N) is 2. The number of rotatable bonds is 5. The molecule has 0 unspecified atom stereocenters. The Hall–Kier alpha value is -1.88. The maximum atomic E-state index is 5.85. The topological polar surface area (TPSA) is 60.5 Å². The molecule has 0 aliphatic heterocycles. The van der Waals surface area contributed by atoms with Crippen molar-refractivity contribution in [3.05, 3.63) is 51.5 Å². The molecule has 0 amide bonds. The van der Waals surface area contributed by atoms with Crippen molar-refractivity contribution >= 4 is 17.2 Å². The van der Waals surface area contributed by atoms with Crippen molar-refractivity contribution in [3.8, 4) is 0 Å². The standard InChI is InChI=1S/C17H23N3OS/c1-12-19-15(11-22-12)9-16(18)20-21-10-13-5-7-14(8-6-13)17(2,3)4/h5-8,11H,9-10H2,1-4H3,(H2,18,20). The lowest BCUT2D eigenvalue weighted by Gasteiger charge is -2.18. The molecule has 118 valence electrons. The second-order valence-corrected chi connectivity index (χ2v) is 7.40. The lowest BCUT2D eigenvalue weighted by molar-refractivity contribution is 0.129. The summed E-state index contributed by atoms with van der Waals surface area (Å²) in [7, 11) is 0. The summed E-state index contributed by atoms with van der Waals surface area (Å²) in [5, 5.41) is 6.97. The lowest BCUT2D eigenvalue weighted by Crippen LogP contribution is -2.15. The summed E-state index contributed by atoms with van der Waals surface area (Å²) in [4.78, 5) is 9.68. The van der Waals surface area contributed by atoms with Crippen molar-refractivity contribution in [1.29, 1.82) is 0 Å². The van der Waals surface area contributed by atoms with Crippen LogP contribution in [0.5, 0.6) is 0 Å². The summed E-state index contributed by atoms with van der Waals surface area (Å²) >= 11 is 1.61. The van der Waals surface area contributed by atoms with E-state index in [0.29, 0.717) is 18.9 Å². The first kappa shape index (κ1) is 16.5. The SMILES string of the molecule is Cc1nc(CC(N)=NOCc2ccc(C(C)(C)C)cc2)cs1. The maximum absolute atomic E-state index is 5.85. The fourth-order valence-electron chi connectivity index (χ4n) is 2.00. The van der Waals surface area contributed by atoms with Crippen LogP contribution in [0.4, 0.5) is 0 Å². The number of nitrogens with two attached hydrogens (primary N) is 1. The van der Waals surface area contributed by atoms with Gasteiger partial charge in [-0.1, -0.05) is 50.2 Å². The van der Waals surface area contributed by atoms with Crippen molar-refractivity contribution in [2.24, 2.45) is 10.9 Å². The molecule has 0 saturated heterocycles. The summed E-state index contributed by atoms with van der Waals surface area (Å²) in [6.07, 6.45) is 0.521. The van der Waals surface area contributed by atoms with Crippen LogP contribution in [0.15, 0.2) is 34.8 Å². The Morgan fingerprint density at radius 1 is 1.27 bits per heavy atom. The molecule has 2 N–H and O–H groups in total. The molecule has 1 aromatic carbocycles. The van der Waals surface area contributed by atoms with Crippen molar-refractivity contribution in [1.82, 2.24) is 4.98 Å². The van der Waals surface area contributed by atoms with E-state index in [1.165, 1.54) is 5.56 Å². The average molecular weight is 317 g/mol. The van der Waals surface area contributed by atoms with Gasteiger partial charge in [-0.05, 0) is 23.5 Å². The average Bonchev–Trinajstić information content (AvgIpc) is 2.83. The molecule has 22 heavy (non-hydrogen) atoms.